The van der Waals surface area contributed by atoms with Crippen LogP contribution in [0, 0.1) is 0 Å². The molecule has 2 N–H and O–H groups in total. The maximum Gasteiger partial charge on any atom is 0.352 e. The molecule has 0 unspecified atom stereocenters. The predicted molar refractivity (Wildman–Crippen MR) is 75.9 cm³/mol. The van der Waals surface area contributed by atoms with Crippen molar-refractivity contribution in [2.24, 2.45) is 0 Å². The van der Waals surface area contributed by atoms with Crippen LogP contribution in [0.2, 0.25) is 0 Å². The molecule has 0 spiro atoms. The number of nitrogens with one attached hydrogen (secondary N) is 1. The number of carboxylic acid groups (broad SMARTS) is 1. The number of furan rings is 1. The van der Waals surface area contributed by atoms with E-state index in [1.165, 1.54) is 12.1 Å². The van der Waals surface area contributed by atoms with Gasteiger partial charge in [-0.15, -0.1) is 0 Å². The van der Waals surface area contributed by atoms with E-state index in [4.69, 9.17) is 9.52 Å². The van der Waals surface area contributed by atoms with Crippen LogP contribution in [0.1, 0.15) is 16.1 Å². The minimum absolute atomic E-state index is 0.0251. The Morgan fingerprint density at radius 3 is 2.40 bits per heavy atom. The van der Waals surface area contributed by atoms with Crippen LogP contribution in [0.4, 0.5) is 0 Å². The first-order chi connectivity index (χ1) is 9.56. The molecule has 0 aliphatic rings. The number of amides is 1. The number of carboxylic acids is 1. The van der Waals surface area contributed by atoms with Gasteiger partial charge in [0.2, 0.25) is 0 Å². The molecule has 1 aromatic heterocycles. The summed E-state index contributed by atoms with van der Waals surface area (Å²) in [6.07, 6.45) is 1.37. The SMILES string of the molecule is O=C(O)/C(=C\c1ccccc1)NC(=O)c1ccc(Br)o1. The number of aliphatic carboxylic acids is 1. The zero-order valence-corrected chi connectivity index (χ0v) is 11.8. The largest absolute Gasteiger partial charge is 0.477 e. The summed E-state index contributed by atoms with van der Waals surface area (Å²) >= 11 is 3.07. The molecule has 0 aliphatic heterocycles. The van der Waals surface area contributed by atoms with Gasteiger partial charge >= 0.3 is 5.97 Å². The second-order valence-electron chi connectivity index (χ2n) is 3.83. The molecule has 1 heterocycles. The van der Waals surface area contributed by atoms with Crippen LogP contribution in [0.15, 0.2) is 57.2 Å². The molecular weight excluding hydrogens is 326 g/mol. The van der Waals surface area contributed by atoms with Gasteiger partial charge < -0.3 is 14.8 Å². The quantitative estimate of drug-likeness (QED) is 0.842. The molecule has 2 rings (SSSR count). The average Bonchev–Trinajstić information content (AvgIpc) is 2.86. The van der Waals surface area contributed by atoms with Crippen molar-refractivity contribution in [3.63, 3.8) is 0 Å². The molecule has 1 amide bonds. The van der Waals surface area contributed by atoms with Gasteiger partial charge in [0, 0.05) is 0 Å². The fourth-order valence-electron chi connectivity index (χ4n) is 1.49. The highest BCUT2D eigenvalue weighted by atomic mass is 79.9. The molecule has 0 saturated heterocycles. The lowest BCUT2D eigenvalue weighted by Crippen LogP contribution is -2.26. The number of carbonyl (C=O) groups excluding carboxylic acids is 1. The lowest BCUT2D eigenvalue weighted by atomic mass is 10.2. The van der Waals surface area contributed by atoms with Gasteiger partial charge in [0.1, 0.15) is 5.70 Å². The van der Waals surface area contributed by atoms with Crippen LogP contribution in [0.3, 0.4) is 0 Å². The number of rotatable bonds is 4. The van der Waals surface area contributed by atoms with Gasteiger partial charge in [-0.2, -0.15) is 0 Å². The third kappa shape index (κ3) is 3.58. The highest BCUT2D eigenvalue weighted by Crippen LogP contribution is 2.14. The van der Waals surface area contributed by atoms with Crippen molar-refractivity contribution < 1.29 is 19.1 Å². The van der Waals surface area contributed by atoms with Gasteiger partial charge in [-0.25, -0.2) is 4.79 Å². The van der Waals surface area contributed by atoms with Gasteiger partial charge in [-0.1, -0.05) is 30.3 Å². The number of carbonyl (C=O) groups is 2. The third-order valence-corrected chi connectivity index (χ3v) is 2.81. The molecule has 0 aliphatic carbocycles. The maximum absolute atomic E-state index is 11.8. The van der Waals surface area contributed by atoms with Crippen molar-refractivity contribution in [3.8, 4) is 0 Å². The minimum Gasteiger partial charge on any atom is -0.477 e. The summed E-state index contributed by atoms with van der Waals surface area (Å²) in [5, 5.41) is 11.4. The van der Waals surface area contributed by atoms with Crippen molar-refractivity contribution in [2.75, 3.05) is 0 Å². The van der Waals surface area contributed by atoms with E-state index < -0.39 is 11.9 Å². The molecule has 6 heteroatoms. The van der Waals surface area contributed by atoms with Crippen LogP contribution < -0.4 is 5.32 Å². The smallest absolute Gasteiger partial charge is 0.352 e. The van der Waals surface area contributed by atoms with Crippen LogP contribution >= 0.6 is 15.9 Å². The van der Waals surface area contributed by atoms with E-state index in [1.54, 1.807) is 30.3 Å². The monoisotopic (exact) mass is 335 g/mol. The fourth-order valence-corrected chi connectivity index (χ4v) is 1.79. The highest BCUT2D eigenvalue weighted by Gasteiger charge is 2.16. The molecule has 1 aromatic carbocycles. The molecule has 20 heavy (non-hydrogen) atoms. The van der Waals surface area contributed by atoms with E-state index in [0.717, 1.165) is 0 Å². The zero-order chi connectivity index (χ0) is 14.5. The van der Waals surface area contributed by atoms with E-state index in [2.05, 4.69) is 21.2 Å². The Morgan fingerprint density at radius 2 is 1.85 bits per heavy atom. The number of hydrogen-bond donors (Lipinski definition) is 2. The summed E-state index contributed by atoms with van der Waals surface area (Å²) in [5.41, 5.74) is 0.444. The highest BCUT2D eigenvalue weighted by molar-refractivity contribution is 9.10. The lowest BCUT2D eigenvalue weighted by Gasteiger charge is -2.04. The van der Waals surface area contributed by atoms with Gasteiger partial charge in [-0.3, -0.25) is 4.79 Å². The average molecular weight is 336 g/mol. The summed E-state index contributed by atoms with van der Waals surface area (Å²) in [6, 6.07) is 11.8. The summed E-state index contributed by atoms with van der Waals surface area (Å²) in [5.74, 6) is -1.83. The van der Waals surface area contributed by atoms with Crippen LogP contribution in [0.5, 0.6) is 0 Å². The summed E-state index contributed by atoms with van der Waals surface area (Å²) in [6.45, 7) is 0. The second-order valence-corrected chi connectivity index (χ2v) is 4.61. The van der Waals surface area contributed by atoms with Crippen LogP contribution in [0.25, 0.3) is 6.08 Å². The molecule has 102 valence electrons. The molecule has 5 nitrogen and oxygen atoms in total. The maximum atomic E-state index is 11.8. The first-order valence-corrected chi connectivity index (χ1v) is 6.42. The Morgan fingerprint density at radius 1 is 1.15 bits per heavy atom. The lowest BCUT2D eigenvalue weighted by molar-refractivity contribution is -0.132. The third-order valence-electron chi connectivity index (χ3n) is 2.39. The number of hydrogen-bond acceptors (Lipinski definition) is 3. The standard InChI is InChI=1S/C14H10BrNO4/c15-12-7-6-11(20-12)13(17)16-10(14(18)19)8-9-4-2-1-3-5-9/h1-8H,(H,16,17)(H,18,19)/b10-8+. The predicted octanol–water partition coefficient (Wildman–Crippen LogP) is 2.90. The topological polar surface area (TPSA) is 79.5 Å². The summed E-state index contributed by atoms with van der Waals surface area (Å²) in [4.78, 5) is 23.0. The van der Waals surface area contributed by atoms with E-state index >= 15 is 0 Å². The molecule has 0 atom stereocenters. The van der Waals surface area contributed by atoms with Crippen LogP contribution in [-0.2, 0) is 4.79 Å². The molecule has 0 fully saturated rings. The van der Waals surface area contributed by atoms with E-state index in [1.807, 2.05) is 6.07 Å². The van der Waals surface area contributed by atoms with Gasteiger partial charge in [-0.05, 0) is 39.7 Å². The molecule has 0 saturated carbocycles. The van der Waals surface area contributed by atoms with E-state index in [0.29, 0.717) is 10.2 Å². The first-order valence-electron chi connectivity index (χ1n) is 5.63. The number of halogens is 1. The first kappa shape index (κ1) is 14.1. The van der Waals surface area contributed by atoms with Gasteiger partial charge in [0.05, 0.1) is 0 Å². The molecule has 0 radical (unpaired) electrons. The van der Waals surface area contributed by atoms with E-state index in [9.17, 15) is 9.59 Å². The van der Waals surface area contributed by atoms with Crippen molar-refractivity contribution >= 4 is 33.9 Å². The van der Waals surface area contributed by atoms with Crippen molar-refractivity contribution in [1.82, 2.24) is 5.32 Å². The molecule has 2 aromatic rings. The summed E-state index contributed by atoms with van der Waals surface area (Å²) < 4.78 is 5.46. The Labute approximate surface area is 123 Å². The zero-order valence-electron chi connectivity index (χ0n) is 10.2. The Hall–Kier alpha value is -2.34. The normalized spacial score (nSPS) is 11.2. The van der Waals surface area contributed by atoms with Gasteiger partial charge in [0.25, 0.3) is 5.91 Å². The minimum atomic E-state index is -1.23. The Balaban J connectivity index is 2.20. The van der Waals surface area contributed by atoms with Gasteiger partial charge in [0.15, 0.2) is 10.4 Å². The molecular formula is C14H10BrNO4. The second kappa shape index (κ2) is 6.21. The van der Waals surface area contributed by atoms with Crippen molar-refractivity contribution in [1.29, 1.82) is 0 Å². The Bertz CT molecular complexity index is 661. The summed E-state index contributed by atoms with van der Waals surface area (Å²) in [7, 11) is 0. The molecule has 0 bridgehead atoms. The van der Waals surface area contributed by atoms with Crippen molar-refractivity contribution in [3.05, 3.63) is 64.2 Å². The van der Waals surface area contributed by atoms with E-state index in [-0.39, 0.29) is 11.5 Å². The Kier molecular flexibility index (Phi) is 4.37. The van der Waals surface area contributed by atoms with Crippen molar-refractivity contribution in [2.45, 2.75) is 0 Å². The fraction of sp³-hybridized carbons (Fsp3) is 0. The number of benzene rings is 1. The van der Waals surface area contributed by atoms with Crippen LogP contribution in [-0.4, -0.2) is 17.0 Å².